The molecule has 16 heavy (non-hydrogen) atoms. The standard InChI is InChI=1S/C10H16IN3O2/c1-7-4-8(14(2)13-7)5-12-6-9(11)10(15)16-3/h4,9,12H,5-6H2,1-3H3. The molecule has 0 aliphatic carbocycles. The van der Waals surface area contributed by atoms with Crippen molar-refractivity contribution in [2.24, 2.45) is 7.05 Å². The van der Waals surface area contributed by atoms with Gasteiger partial charge < -0.3 is 10.1 Å². The maximum atomic E-state index is 11.1. The molecule has 0 saturated heterocycles. The second-order valence-electron chi connectivity index (χ2n) is 3.52. The monoisotopic (exact) mass is 337 g/mol. The van der Waals surface area contributed by atoms with Crippen LogP contribution in [-0.4, -0.2) is 33.3 Å². The zero-order valence-electron chi connectivity index (χ0n) is 9.66. The first-order valence-electron chi connectivity index (χ1n) is 4.96. The second-order valence-corrected chi connectivity index (χ2v) is 5.03. The third-order valence-electron chi connectivity index (χ3n) is 2.19. The van der Waals surface area contributed by atoms with E-state index in [0.29, 0.717) is 13.1 Å². The van der Waals surface area contributed by atoms with Crippen molar-refractivity contribution in [3.8, 4) is 0 Å². The van der Waals surface area contributed by atoms with E-state index in [4.69, 9.17) is 0 Å². The average Bonchev–Trinajstić information content (AvgIpc) is 2.56. The van der Waals surface area contributed by atoms with Crippen molar-refractivity contribution in [3.05, 3.63) is 17.5 Å². The van der Waals surface area contributed by atoms with E-state index in [2.05, 4.69) is 37.7 Å². The molecule has 5 nitrogen and oxygen atoms in total. The first-order valence-corrected chi connectivity index (χ1v) is 6.21. The molecule has 0 aliphatic rings. The number of nitrogens with zero attached hydrogens (tertiary/aromatic N) is 2. The molecule has 90 valence electrons. The van der Waals surface area contributed by atoms with Crippen LogP contribution in [0.25, 0.3) is 0 Å². The van der Waals surface area contributed by atoms with Gasteiger partial charge in [0.1, 0.15) is 3.92 Å². The molecule has 1 rings (SSSR count). The van der Waals surface area contributed by atoms with Gasteiger partial charge in [-0.3, -0.25) is 9.48 Å². The number of nitrogens with one attached hydrogen (secondary N) is 1. The molecule has 0 fully saturated rings. The third-order valence-corrected chi connectivity index (χ3v) is 3.13. The van der Waals surface area contributed by atoms with Crippen LogP contribution in [0, 0.1) is 6.92 Å². The fraction of sp³-hybridized carbons (Fsp3) is 0.600. The van der Waals surface area contributed by atoms with Gasteiger partial charge in [0, 0.05) is 20.1 Å². The van der Waals surface area contributed by atoms with Crippen molar-refractivity contribution in [2.75, 3.05) is 13.7 Å². The van der Waals surface area contributed by atoms with Gasteiger partial charge in [-0.1, -0.05) is 22.6 Å². The number of carbonyl (C=O) groups is 1. The Balaban J connectivity index is 2.36. The van der Waals surface area contributed by atoms with Gasteiger partial charge >= 0.3 is 5.97 Å². The lowest BCUT2D eigenvalue weighted by molar-refractivity contribution is -0.139. The van der Waals surface area contributed by atoms with E-state index in [9.17, 15) is 4.79 Å². The minimum Gasteiger partial charge on any atom is -0.468 e. The van der Waals surface area contributed by atoms with Crippen LogP contribution in [0.2, 0.25) is 0 Å². The number of aromatic nitrogens is 2. The number of aryl methyl sites for hydroxylation is 2. The van der Waals surface area contributed by atoms with E-state index in [1.165, 1.54) is 7.11 Å². The van der Waals surface area contributed by atoms with Crippen molar-refractivity contribution >= 4 is 28.6 Å². The molecule has 0 amide bonds. The SMILES string of the molecule is COC(=O)C(I)CNCc1cc(C)nn1C. The average molecular weight is 337 g/mol. The van der Waals surface area contributed by atoms with Crippen molar-refractivity contribution in [2.45, 2.75) is 17.4 Å². The fourth-order valence-electron chi connectivity index (χ4n) is 1.37. The fourth-order valence-corrected chi connectivity index (χ4v) is 1.93. The molecule has 0 bridgehead atoms. The summed E-state index contributed by atoms with van der Waals surface area (Å²) in [6.45, 7) is 3.25. The highest BCUT2D eigenvalue weighted by Gasteiger charge is 2.14. The van der Waals surface area contributed by atoms with Crippen LogP contribution in [0.1, 0.15) is 11.4 Å². The molecular weight excluding hydrogens is 321 g/mol. The Hall–Kier alpha value is -0.630. The number of rotatable bonds is 5. The molecule has 0 spiro atoms. The molecule has 0 aromatic carbocycles. The molecular formula is C10H16IN3O2. The van der Waals surface area contributed by atoms with Gasteiger partial charge in [-0.05, 0) is 13.0 Å². The summed E-state index contributed by atoms with van der Waals surface area (Å²) in [4.78, 5) is 11.1. The normalized spacial score (nSPS) is 12.5. The first kappa shape index (κ1) is 13.4. The van der Waals surface area contributed by atoms with Gasteiger partial charge in [-0.2, -0.15) is 5.10 Å². The molecule has 1 N–H and O–H groups in total. The van der Waals surface area contributed by atoms with E-state index >= 15 is 0 Å². The Morgan fingerprint density at radius 1 is 1.75 bits per heavy atom. The van der Waals surface area contributed by atoms with E-state index in [0.717, 1.165) is 11.4 Å². The lowest BCUT2D eigenvalue weighted by Gasteiger charge is -2.09. The molecule has 1 aromatic rings. The van der Waals surface area contributed by atoms with Gasteiger partial charge in [0.25, 0.3) is 0 Å². The summed E-state index contributed by atoms with van der Waals surface area (Å²) in [7, 11) is 3.31. The molecule has 1 atom stereocenters. The lowest BCUT2D eigenvalue weighted by Crippen LogP contribution is -2.29. The summed E-state index contributed by atoms with van der Waals surface area (Å²) in [6.07, 6.45) is 0. The van der Waals surface area contributed by atoms with Crippen molar-refractivity contribution in [1.29, 1.82) is 0 Å². The van der Waals surface area contributed by atoms with Crippen LogP contribution in [0.3, 0.4) is 0 Å². The smallest absolute Gasteiger partial charge is 0.319 e. The minimum atomic E-state index is -0.200. The van der Waals surface area contributed by atoms with Gasteiger partial charge in [0.15, 0.2) is 0 Å². The van der Waals surface area contributed by atoms with Gasteiger partial charge in [-0.15, -0.1) is 0 Å². The first-order chi connectivity index (χ1) is 7.54. The van der Waals surface area contributed by atoms with E-state index in [1.54, 1.807) is 0 Å². The largest absolute Gasteiger partial charge is 0.468 e. The molecule has 1 heterocycles. The summed E-state index contributed by atoms with van der Waals surface area (Å²) in [5.74, 6) is -0.200. The number of alkyl halides is 1. The number of carbonyl (C=O) groups excluding carboxylic acids is 1. The highest BCUT2D eigenvalue weighted by Crippen LogP contribution is 2.03. The molecule has 1 aromatic heterocycles. The number of halogens is 1. The predicted molar refractivity (Wildman–Crippen MR) is 69.5 cm³/mol. The summed E-state index contributed by atoms with van der Waals surface area (Å²) in [5, 5.41) is 7.44. The minimum absolute atomic E-state index is 0.156. The van der Waals surface area contributed by atoms with E-state index < -0.39 is 0 Å². The van der Waals surface area contributed by atoms with Crippen LogP contribution >= 0.6 is 22.6 Å². The number of esters is 1. The van der Waals surface area contributed by atoms with E-state index in [1.807, 2.05) is 24.7 Å². The maximum Gasteiger partial charge on any atom is 0.319 e. The van der Waals surface area contributed by atoms with Gasteiger partial charge in [-0.25, -0.2) is 0 Å². The highest BCUT2D eigenvalue weighted by atomic mass is 127. The molecule has 0 saturated carbocycles. The Kier molecular flexibility index (Phi) is 5.20. The summed E-state index contributed by atoms with van der Waals surface area (Å²) in [6, 6.07) is 2.02. The zero-order chi connectivity index (χ0) is 12.1. The molecule has 6 heteroatoms. The number of methoxy groups -OCH3 is 1. The van der Waals surface area contributed by atoms with Crippen molar-refractivity contribution < 1.29 is 9.53 Å². The summed E-state index contributed by atoms with van der Waals surface area (Å²) in [5.41, 5.74) is 2.10. The highest BCUT2D eigenvalue weighted by molar-refractivity contribution is 14.1. The van der Waals surface area contributed by atoms with Crippen LogP contribution in [0.5, 0.6) is 0 Å². The third kappa shape index (κ3) is 3.75. The van der Waals surface area contributed by atoms with Crippen LogP contribution in [0.15, 0.2) is 6.07 Å². The quantitative estimate of drug-likeness (QED) is 0.491. The van der Waals surface area contributed by atoms with Crippen LogP contribution in [-0.2, 0) is 23.1 Å². The second kappa shape index (κ2) is 6.19. The molecule has 0 aliphatic heterocycles. The summed E-state index contributed by atoms with van der Waals surface area (Å²) < 4.78 is 6.32. The Bertz CT molecular complexity index is 365. The summed E-state index contributed by atoms with van der Waals surface area (Å²) >= 11 is 2.06. The topological polar surface area (TPSA) is 56.1 Å². The maximum absolute atomic E-state index is 11.1. The number of hydrogen-bond acceptors (Lipinski definition) is 4. The Morgan fingerprint density at radius 3 is 2.94 bits per heavy atom. The lowest BCUT2D eigenvalue weighted by atomic mass is 10.3. The molecule has 1 unspecified atom stereocenters. The van der Waals surface area contributed by atoms with Crippen LogP contribution in [0.4, 0.5) is 0 Å². The Morgan fingerprint density at radius 2 is 2.44 bits per heavy atom. The number of hydrogen-bond donors (Lipinski definition) is 1. The molecule has 0 radical (unpaired) electrons. The van der Waals surface area contributed by atoms with Crippen LogP contribution < -0.4 is 5.32 Å². The van der Waals surface area contributed by atoms with E-state index in [-0.39, 0.29) is 9.89 Å². The van der Waals surface area contributed by atoms with Gasteiger partial charge in [0.2, 0.25) is 0 Å². The predicted octanol–water partition coefficient (Wildman–Crippen LogP) is 0.795. The zero-order valence-corrected chi connectivity index (χ0v) is 11.8. The number of ether oxygens (including phenoxy) is 1. The van der Waals surface area contributed by atoms with Gasteiger partial charge in [0.05, 0.1) is 18.5 Å². The van der Waals surface area contributed by atoms with Crippen molar-refractivity contribution in [3.63, 3.8) is 0 Å². The Labute approximate surface area is 109 Å². The van der Waals surface area contributed by atoms with Crippen molar-refractivity contribution in [1.82, 2.24) is 15.1 Å².